The van der Waals surface area contributed by atoms with E-state index in [1.54, 1.807) is 0 Å². The average Bonchev–Trinajstić information content (AvgIpc) is 2.62. The van der Waals surface area contributed by atoms with Gasteiger partial charge in [-0.1, -0.05) is 37.3 Å². The Labute approximate surface area is 143 Å². The molecular weight excluding hydrogens is 306 g/mol. The van der Waals surface area contributed by atoms with Gasteiger partial charge in [0.05, 0.1) is 7.11 Å². The Morgan fingerprint density at radius 3 is 2.50 bits per heavy atom. The molecule has 6 heteroatoms. The Bertz CT molecular complexity index is 528. The number of amides is 2. The van der Waals surface area contributed by atoms with Crippen molar-refractivity contribution in [2.24, 2.45) is 0 Å². The summed E-state index contributed by atoms with van der Waals surface area (Å²) in [5.41, 5.74) is 0.995. The summed E-state index contributed by atoms with van der Waals surface area (Å²) >= 11 is 0. The fourth-order valence-electron chi connectivity index (χ4n) is 2.96. The Hall–Kier alpha value is -2.08. The summed E-state index contributed by atoms with van der Waals surface area (Å²) in [5.74, 6) is -0.154. The number of nitrogens with one attached hydrogen (secondary N) is 2. The Morgan fingerprint density at radius 2 is 1.92 bits per heavy atom. The molecule has 1 aromatic carbocycles. The lowest BCUT2D eigenvalue weighted by atomic mass is 10.0. The number of piperidine rings is 1. The standard InChI is InChI=1S/C18H27N3O3/c1-3-21-11-9-15(10-12-21)19-17(22)16(20-18(23)24-2)13-14-7-5-4-6-8-14/h4-8,15-16H,3,9-13H2,1-2H3,(H,19,22)(H,20,23)/t16-/m0/s1. The van der Waals surface area contributed by atoms with Crippen LogP contribution in [0.15, 0.2) is 30.3 Å². The van der Waals surface area contributed by atoms with E-state index in [2.05, 4.69) is 27.2 Å². The van der Waals surface area contributed by atoms with Crippen LogP contribution in [0.3, 0.4) is 0 Å². The molecule has 0 saturated carbocycles. The third kappa shape index (κ3) is 5.53. The van der Waals surface area contributed by atoms with Crippen LogP contribution < -0.4 is 10.6 Å². The van der Waals surface area contributed by atoms with Crippen molar-refractivity contribution in [3.05, 3.63) is 35.9 Å². The van der Waals surface area contributed by atoms with Gasteiger partial charge in [-0.15, -0.1) is 0 Å². The lowest BCUT2D eigenvalue weighted by molar-refractivity contribution is -0.124. The van der Waals surface area contributed by atoms with Crippen molar-refractivity contribution in [1.82, 2.24) is 15.5 Å². The first kappa shape index (κ1) is 18.3. The van der Waals surface area contributed by atoms with E-state index in [0.717, 1.165) is 38.0 Å². The molecule has 1 atom stereocenters. The number of alkyl carbamates (subject to hydrolysis) is 1. The molecule has 1 aromatic rings. The quantitative estimate of drug-likeness (QED) is 0.829. The molecule has 24 heavy (non-hydrogen) atoms. The van der Waals surface area contributed by atoms with Gasteiger partial charge in [0, 0.05) is 25.6 Å². The molecule has 0 spiro atoms. The van der Waals surface area contributed by atoms with Crippen LogP contribution >= 0.6 is 0 Å². The Morgan fingerprint density at radius 1 is 1.25 bits per heavy atom. The first-order chi connectivity index (χ1) is 11.6. The lowest BCUT2D eigenvalue weighted by Gasteiger charge is -2.32. The summed E-state index contributed by atoms with van der Waals surface area (Å²) in [5, 5.41) is 5.72. The monoisotopic (exact) mass is 333 g/mol. The molecule has 1 aliphatic rings. The first-order valence-electron chi connectivity index (χ1n) is 8.53. The van der Waals surface area contributed by atoms with Crippen molar-refractivity contribution in [3.63, 3.8) is 0 Å². The topological polar surface area (TPSA) is 70.7 Å². The predicted octanol–water partition coefficient (Wildman–Crippen LogP) is 1.55. The zero-order chi connectivity index (χ0) is 17.4. The van der Waals surface area contributed by atoms with Gasteiger partial charge in [-0.2, -0.15) is 0 Å². The lowest BCUT2D eigenvalue weighted by Crippen LogP contribution is -2.52. The van der Waals surface area contributed by atoms with Gasteiger partial charge in [0.25, 0.3) is 0 Å². The van der Waals surface area contributed by atoms with Crippen molar-refractivity contribution in [3.8, 4) is 0 Å². The molecule has 2 N–H and O–H groups in total. The van der Waals surface area contributed by atoms with Crippen LogP contribution in [-0.2, 0) is 16.0 Å². The largest absolute Gasteiger partial charge is 0.453 e. The molecule has 0 bridgehead atoms. The van der Waals surface area contributed by atoms with E-state index >= 15 is 0 Å². The van der Waals surface area contributed by atoms with E-state index in [9.17, 15) is 9.59 Å². The molecule has 1 saturated heterocycles. The molecule has 132 valence electrons. The maximum Gasteiger partial charge on any atom is 0.407 e. The molecule has 1 fully saturated rings. The summed E-state index contributed by atoms with van der Waals surface area (Å²) in [6.45, 7) is 5.18. The van der Waals surface area contributed by atoms with Crippen LogP contribution in [0.5, 0.6) is 0 Å². The molecule has 0 aromatic heterocycles. The van der Waals surface area contributed by atoms with Crippen molar-refractivity contribution in [1.29, 1.82) is 0 Å². The van der Waals surface area contributed by atoms with Crippen LogP contribution in [-0.4, -0.2) is 55.7 Å². The van der Waals surface area contributed by atoms with E-state index in [1.165, 1.54) is 7.11 Å². The number of hydrogen-bond acceptors (Lipinski definition) is 4. The summed E-state index contributed by atoms with van der Waals surface area (Å²) in [4.78, 5) is 26.6. The third-order valence-electron chi connectivity index (χ3n) is 4.46. The number of carbonyl (C=O) groups excluding carboxylic acids is 2. The Balaban J connectivity index is 1.95. The SMILES string of the molecule is CCN1CCC(NC(=O)[C@H](Cc2ccccc2)NC(=O)OC)CC1. The van der Waals surface area contributed by atoms with E-state index in [-0.39, 0.29) is 11.9 Å². The maximum absolute atomic E-state index is 12.6. The highest BCUT2D eigenvalue weighted by molar-refractivity contribution is 5.86. The average molecular weight is 333 g/mol. The maximum atomic E-state index is 12.6. The molecule has 1 aliphatic heterocycles. The van der Waals surface area contributed by atoms with Gasteiger partial charge >= 0.3 is 6.09 Å². The van der Waals surface area contributed by atoms with Gasteiger partial charge in [-0.05, 0) is 24.9 Å². The smallest absolute Gasteiger partial charge is 0.407 e. The predicted molar refractivity (Wildman–Crippen MR) is 92.8 cm³/mol. The molecule has 0 aliphatic carbocycles. The second kappa shape index (κ2) is 9.27. The number of ether oxygens (including phenoxy) is 1. The van der Waals surface area contributed by atoms with Crippen molar-refractivity contribution in [2.75, 3.05) is 26.7 Å². The fraction of sp³-hybridized carbons (Fsp3) is 0.556. The third-order valence-corrected chi connectivity index (χ3v) is 4.46. The molecular formula is C18H27N3O3. The molecule has 0 radical (unpaired) electrons. The number of likely N-dealkylation sites (tertiary alicyclic amines) is 1. The van der Waals surface area contributed by atoms with E-state index in [1.807, 2.05) is 30.3 Å². The number of benzene rings is 1. The van der Waals surface area contributed by atoms with Crippen LogP contribution in [0.1, 0.15) is 25.3 Å². The second-order valence-corrected chi connectivity index (χ2v) is 6.10. The summed E-state index contributed by atoms with van der Waals surface area (Å²) < 4.78 is 4.65. The van der Waals surface area contributed by atoms with Gasteiger partial charge in [0.2, 0.25) is 5.91 Å². The second-order valence-electron chi connectivity index (χ2n) is 6.10. The van der Waals surface area contributed by atoms with Crippen LogP contribution in [0, 0.1) is 0 Å². The number of hydrogen-bond donors (Lipinski definition) is 2. The van der Waals surface area contributed by atoms with Crippen molar-refractivity contribution < 1.29 is 14.3 Å². The van der Waals surface area contributed by atoms with Gasteiger partial charge in [0.15, 0.2) is 0 Å². The molecule has 0 unspecified atom stereocenters. The van der Waals surface area contributed by atoms with Gasteiger partial charge < -0.3 is 20.3 Å². The highest BCUT2D eigenvalue weighted by atomic mass is 16.5. The minimum atomic E-state index is -0.635. The van der Waals surface area contributed by atoms with Gasteiger partial charge in [0.1, 0.15) is 6.04 Å². The highest BCUT2D eigenvalue weighted by Crippen LogP contribution is 2.11. The number of methoxy groups -OCH3 is 1. The van der Waals surface area contributed by atoms with E-state index < -0.39 is 12.1 Å². The Kier molecular flexibility index (Phi) is 7.06. The van der Waals surface area contributed by atoms with Crippen molar-refractivity contribution >= 4 is 12.0 Å². The molecule has 2 rings (SSSR count). The normalized spacial score (nSPS) is 17.1. The number of nitrogens with zero attached hydrogens (tertiary/aromatic N) is 1. The minimum absolute atomic E-state index is 0.154. The zero-order valence-corrected chi connectivity index (χ0v) is 14.5. The number of rotatable bonds is 6. The molecule has 1 heterocycles. The zero-order valence-electron chi connectivity index (χ0n) is 14.5. The van der Waals surface area contributed by atoms with Crippen LogP contribution in [0.4, 0.5) is 4.79 Å². The van der Waals surface area contributed by atoms with Crippen LogP contribution in [0.25, 0.3) is 0 Å². The molecule has 6 nitrogen and oxygen atoms in total. The van der Waals surface area contributed by atoms with Gasteiger partial charge in [-0.3, -0.25) is 4.79 Å². The van der Waals surface area contributed by atoms with Crippen LogP contribution in [0.2, 0.25) is 0 Å². The minimum Gasteiger partial charge on any atom is -0.453 e. The van der Waals surface area contributed by atoms with Gasteiger partial charge in [-0.25, -0.2) is 4.79 Å². The number of carbonyl (C=O) groups is 2. The van der Waals surface area contributed by atoms with E-state index in [4.69, 9.17) is 0 Å². The van der Waals surface area contributed by atoms with E-state index in [0.29, 0.717) is 6.42 Å². The molecule has 2 amide bonds. The summed E-state index contributed by atoms with van der Waals surface area (Å²) in [7, 11) is 1.30. The fourth-order valence-corrected chi connectivity index (χ4v) is 2.96. The summed E-state index contributed by atoms with van der Waals surface area (Å²) in [6, 6.07) is 9.18. The highest BCUT2D eigenvalue weighted by Gasteiger charge is 2.26. The summed E-state index contributed by atoms with van der Waals surface area (Å²) in [6.07, 6.45) is 1.73. The van der Waals surface area contributed by atoms with Crippen molar-refractivity contribution in [2.45, 2.75) is 38.3 Å². The first-order valence-corrected chi connectivity index (χ1v) is 8.53.